The standard InChI is InChI=1S/C10H12BNS/c11-10-4-7-8-5-12-2-1-6(8)3-9(7)13-10/h4,6,8,12H,1-3,5H2. The molecule has 2 radical (unpaired) electrons. The van der Waals surface area contributed by atoms with Gasteiger partial charge >= 0.3 is 0 Å². The summed E-state index contributed by atoms with van der Waals surface area (Å²) in [7, 11) is 5.81. The summed E-state index contributed by atoms with van der Waals surface area (Å²) in [5, 5.41) is 3.47. The lowest BCUT2D eigenvalue weighted by Gasteiger charge is -2.26. The Morgan fingerprint density at radius 3 is 3.38 bits per heavy atom. The number of hydrogen-bond acceptors (Lipinski definition) is 2. The van der Waals surface area contributed by atoms with Gasteiger partial charge in [0, 0.05) is 17.3 Å². The predicted molar refractivity (Wildman–Crippen MR) is 57.1 cm³/mol. The molecular weight excluding hydrogens is 177 g/mol. The minimum absolute atomic E-state index is 0.761. The maximum absolute atomic E-state index is 5.81. The van der Waals surface area contributed by atoms with E-state index in [0.29, 0.717) is 0 Å². The van der Waals surface area contributed by atoms with Crippen LogP contribution in [0.15, 0.2) is 6.07 Å². The fraction of sp³-hybridized carbons (Fsp3) is 0.600. The minimum Gasteiger partial charge on any atom is -0.316 e. The molecule has 3 rings (SSSR count). The van der Waals surface area contributed by atoms with Crippen LogP contribution in [0.5, 0.6) is 0 Å². The summed E-state index contributed by atoms with van der Waals surface area (Å²) < 4.78 is 0.994. The molecule has 1 aromatic rings. The molecule has 1 nitrogen and oxygen atoms in total. The van der Waals surface area contributed by atoms with Gasteiger partial charge in [0.25, 0.3) is 0 Å². The topological polar surface area (TPSA) is 12.0 Å². The molecule has 1 N–H and O–H groups in total. The van der Waals surface area contributed by atoms with Crippen LogP contribution in [0.4, 0.5) is 0 Å². The number of hydrogen-bond donors (Lipinski definition) is 1. The van der Waals surface area contributed by atoms with Crippen LogP contribution in [0.1, 0.15) is 22.8 Å². The summed E-state index contributed by atoms with van der Waals surface area (Å²) >= 11 is 1.79. The molecule has 13 heavy (non-hydrogen) atoms. The second-order valence-corrected chi connectivity index (χ2v) is 5.26. The summed E-state index contributed by atoms with van der Waals surface area (Å²) in [5.41, 5.74) is 1.54. The normalized spacial score (nSPS) is 31.4. The highest BCUT2D eigenvalue weighted by Crippen LogP contribution is 2.42. The first-order valence-electron chi connectivity index (χ1n) is 4.93. The van der Waals surface area contributed by atoms with E-state index in [1.807, 2.05) is 0 Å². The molecule has 66 valence electrons. The van der Waals surface area contributed by atoms with Crippen LogP contribution in [0.25, 0.3) is 0 Å². The lowest BCUT2D eigenvalue weighted by atomic mass is 9.87. The highest BCUT2D eigenvalue weighted by Gasteiger charge is 2.35. The Labute approximate surface area is 84.0 Å². The Morgan fingerprint density at radius 1 is 1.54 bits per heavy atom. The largest absolute Gasteiger partial charge is 0.316 e. The molecule has 0 bridgehead atoms. The Balaban J connectivity index is 1.98. The molecule has 3 heteroatoms. The summed E-state index contributed by atoms with van der Waals surface area (Å²) in [6.07, 6.45) is 2.62. The zero-order valence-corrected chi connectivity index (χ0v) is 8.36. The molecule has 1 aromatic heterocycles. The van der Waals surface area contributed by atoms with Crippen molar-refractivity contribution in [2.75, 3.05) is 13.1 Å². The number of thiophene rings is 1. The Morgan fingerprint density at radius 2 is 2.46 bits per heavy atom. The van der Waals surface area contributed by atoms with Crippen molar-refractivity contribution >= 4 is 24.0 Å². The molecule has 2 heterocycles. The van der Waals surface area contributed by atoms with Crippen molar-refractivity contribution in [3.63, 3.8) is 0 Å². The molecular formula is C10H12BNS. The first kappa shape index (κ1) is 8.07. The maximum atomic E-state index is 5.81. The summed E-state index contributed by atoms with van der Waals surface area (Å²) in [4.78, 5) is 1.55. The Hall–Kier alpha value is -0.275. The van der Waals surface area contributed by atoms with Crippen molar-refractivity contribution in [2.45, 2.75) is 18.8 Å². The van der Waals surface area contributed by atoms with Crippen molar-refractivity contribution in [2.24, 2.45) is 5.92 Å². The van der Waals surface area contributed by atoms with E-state index in [-0.39, 0.29) is 0 Å². The van der Waals surface area contributed by atoms with E-state index in [9.17, 15) is 0 Å². The summed E-state index contributed by atoms with van der Waals surface area (Å²) in [5.74, 6) is 1.67. The predicted octanol–water partition coefficient (Wildman–Crippen LogP) is 0.791. The highest BCUT2D eigenvalue weighted by molar-refractivity contribution is 7.20. The molecule has 0 amide bonds. The van der Waals surface area contributed by atoms with Gasteiger partial charge in [-0.25, -0.2) is 0 Å². The first-order valence-corrected chi connectivity index (χ1v) is 5.75. The average molecular weight is 189 g/mol. The van der Waals surface area contributed by atoms with Gasteiger partial charge < -0.3 is 5.32 Å². The van der Waals surface area contributed by atoms with E-state index >= 15 is 0 Å². The van der Waals surface area contributed by atoms with Gasteiger partial charge in [0.05, 0.1) is 0 Å². The van der Waals surface area contributed by atoms with E-state index in [1.165, 1.54) is 19.4 Å². The molecule has 0 aromatic carbocycles. The lowest BCUT2D eigenvalue weighted by molar-refractivity contribution is 0.348. The van der Waals surface area contributed by atoms with Gasteiger partial charge in [-0.2, -0.15) is 11.3 Å². The third kappa shape index (κ3) is 1.17. The van der Waals surface area contributed by atoms with Crippen LogP contribution in [0.2, 0.25) is 0 Å². The van der Waals surface area contributed by atoms with Crippen LogP contribution < -0.4 is 10.1 Å². The number of piperidine rings is 1. The monoisotopic (exact) mass is 189 g/mol. The molecule has 2 atom stereocenters. The molecule has 1 saturated heterocycles. The van der Waals surface area contributed by atoms with Gasteiger partial charge in [0.1, 0.15) is 7.85 Å². The van der Waals surface area contributed by atoms with E-state index in [0.717, 1.165) is 23.2 Å². The van der Waals surface area contributed by atoms with Crippen molar-refractivity contribution in [3.8, 4) is 0 Å². The fourth-order valence-corrected chi connectivity index (χ4v) is 3.79. The first-order chi connectivity index (χ1) is 6.34. The van der Waals surface area contributed by atoms with Crippen LogP contribution >= 0.6 is 11.3 Å². The van der Waals surface area contributed by atoms with Crippen molar-refractivity contribution in [3.05, 3.63) is 16.5 Å². The summed E-state index contributed by atoms with van der Waals surface area (Å²) in [6, 6.07) is 2.19. The Bertz CT molecular complexity index is 334. The lowest BCUT2D eigenvalue weighted by Crippen LogP contribution is -2.33. The molecule has 1 aliphatic heterocycles. The van der Waals surface area contributed by atoms with Gasteiger partial charge in [-0.15, -0.1) is 0 Å². The van der Waals surface area contributed by atoms with Crippen molar-refractivity contribution in [1.29, 1.82) is 0 Å². The van der Waals surface area contributed by atoms with Crippen molar-refractivity contribution < 1.29 is 0 Å². The third-order valence-electron chi connectivity index (χ3n) is 3.33. The zero-order chi connectivity index (χ0) is 8.84. The van der Waals surface area contributed by atoms with E-state index in [4.69, 9.17) is 7.85 Å². The minimum atomic E-state index is 0.761. The fourth-order valence-electron chi connectivity index (χ4n) is 2.70. The SMILES string of the molecule is [B]c1cc2c(s1)CC1CCNCC21. The molecule has 1 fully saturated rings. The Kier molecular flexibility index (Phi) is 1.77. The zero-order valence-electron chi connectivity index (χ0n) is 7.55. The van der Waals surface area contributed by atoms with Gasteiger partial charge in [-0.05, 0) is 35.6 Å². The molecule has 0 saturated carbocycles. The molecule has 2 unspecified atom stereocenters. The van der Waals surface area contributed by atoms with Gasteiger partial charge in [0.2, 0.25) is 0 Å². The van der Waals surface area contributed by atoms with E-state index in [1.54, 1.807) is 21.8 Å². The molecule has 1 aliphatic carbocycles. The molecule has 0 spiro atoms. The quantitative estimate of drug-likeness (QED) is 0.595. The number of fused-ring (bicyclic) bond motifs is 3. The second-order valence-electron chi connectivity index (χ2n) is 4.09. The maximum Gasteiger partial charge on any atom is 0.128 e. The number of nitrogens with one attached hydrogen (secondary N) is 1. The van der Waals surface area contributed by atoms with Gasteiger partial charge in [-0.3, -0.25) is 0 Å². The average Bonchev–Trinajstić information content (AvgIpc) is 2.60. The van der Waals surface area contributed by atoms with Crippen LogP contribution in [-0.2, 0) is 6.42 Å². The van der Waals surface area contributed by atoms with Crippen LogP contribution in [-0.4, -0.2) is 20.9 Å². The smallest absolute Gasteiger partial charge is 0.128 e. The molecule has 2 aliphatic rings. The van der Waals surface area contributed by atoms with Gasteiger partial charge in [-0.1, -0.05) is 6.07 Å². The van der Waals surface area contributed by atoms with Crippen LogP contribution in [0, 0.1) is 5.92 Å². The number of rotatable bonds is 0. The highest BCUT2D eigenvalue weighted by atomic mass is 32.1. The van der Waals surface area contributed by atoms with E-state index < -0.39 is 0 Å². The summed E-state index contributed by atoms with van der Waals surface area (Å²) in [6.45, 7) is 2.36. The van der Waals surface area contributed by atoms with Gasteiger partial charge in [0.15, 0.2) is 0 Å². The van der Waals surface area contributed by atoms with E-state index in [2.05, 4.69) is 11.4 Å². The van der Waals surface area contributed by atoms with Crippen molar-refractivity contribution in [1.82, 2.24) is 5.32 Å². The second kappa shape index (κ2) is 2.86. The van der Waals surface area contributed by atoms with Crippen LogP contribution in [0.3, 0.4) is 0 Å². The third-order valence-corrected chi connectivity index (χ3v) is 4.34.